The van der Waals surface area contributed by atoms with E-state index in [9.17, 15) is 0 Å². The number of aromatic nitrogens is 3. The molecule has 1 unspecified atom stereocenters. The second-order valence-electron chi connectivity index (χ2n) is 6.42. The lowest BCUT2D eigenvalue weighted by Crippen LogP contribution is -2.41. The summed E-state index contributed by atoms with van der Waals surface area (Å²) in [5, 5.41) is 11.9. The number of nitrogens with one attached hydrogen (secondary N) is 1. The molecular weight excluding hydrogens is 292 g/mol. The van der Waals surface area contributed by atoms with Crippen molar-refractivity contribution in [1.29, 1.82) is 0 Å². The summed E-state index contributed by atoms with van der Waals surface area (Å²) in [6.07, 6.45) is 4.33. The molecule has 4 heterocycles. The van der Waals surface area contributed by atoms with E-state index < -0.39 is 0 Å². The molecule has 23 heavy (non-hydrogen) atoms. The molecule has 0 amide bonds. The number of rotatable bonds is 2. The predicted molar refractivity (Wildman–Crippen MR) is 87.2 cm³/mol. The Kier molecular flexibility index (Phi) is 3.65. The molecule has 1 N–H and O–H groups in total. The molecule has 2 aromatic heterocycles. The Labute approximate surface area is 135 Å². The Morgan fingerprint density at radius 1 is 1.39 bits per heavy atom. The molecule has 122 valence electrons. The molecule has 7 nitrogen and oxygen atoms in total. The number of hydrogen-bond donors (Lipinski definition) is 1. The fraction of sp³-hybridized carbons (Fsp3) is 0.562. The highest BCUT2D eigenvalue weighted by atomic mass is 16.5. The molecule has 0 aliphatic carbocycles. The Hall–Kier alpha value is -2.15. The average molecular weight is 314 g/mol. The number of likely N-dealkylation sites (tertiary alicyclic amines) is 1. The van der Waals surface area contributed by atoms with Crippen LogP contribution in [-0.2, 0) is 11.3 Å². The maximum atomic E-state index is 5.60. The SMILES string of the molecule is CN=C(NCc1nnc2ccccn12)N1CCC2(CCOC2)C1. The minimum Gasteiger partial charge on any atom is -0.381 e. The first kappa shape index (κ1) is 14.4. The van der Waals surface area contributed by atoms with Gasteiger partial charge >= 0.3 is 0 Å². The van der Waals surface area contributed by atoms with Crippen LogP contribution in [0.5, 0.6) is 0 Å². The number of pyridine rings is 1. The monoisotopic (exact) mass is 314 g/mol. The summed E-state index contributed by atoms with van der Waals surface area (Å²) < 4.78 is 7.60. The van der Waals surface area contributed by atoms with Gasteiger partial charge in [0.15, 0.2) is 17.4 Å². The van der Waals surface area contributed by atoms with Crippen LogP contribution in [0.2, 0.25) is 0 Å². The predicted octanol–water partition coefficient (Wildman–Crippen LogP) is 0.917. The van der Waals surface area contributed by atoms with E-state index in [0.717, 1.165) is 50.2 Å². The van der Waals surface area contributed by atoms with Gasteiger partial charge in [-0.1, -0.05) is 6.07 Å². The van der Waals surface area contributed by atoms with Gasteiger partial charge in [0.05, 0.1) is 13.2 Å². The van der Waals surface area contributed by atoms with Crippen molar-refractivity contribution in [2.75, 3.05) is 33.4 Å². The normalized spacial score (nSPS) is 24.9. The van der Waals surface area contributed by atoms with E-state index in [0.29, 0.717) is 12.0 Å². The Morgan fingerprint density at radius 3 is 3.17 bits per heavy atom. The van der Waals surface area contributed by atoms with E-state index >= 15 is 0 Å². The molecule has 0 bridgehead atoms. The fourth-order valence-electron chi connectivity index (χ4n) is 3.59. The third-order valence-electron chi connectivity index (χ3n) is 4.92. The van der Waals surface area contributed by atoms with Crippen LogP contribution in [0, 0.1) is 5.41 Å². The van der Waals surface area contributed by atoms with Crippen molar-refractivity contribution in [1.82, 2.24) is 24.8 Å². The molecule has 2 saturated heterocycles. The van der Waals surface area contributed by atoms with Crippen LogP contribution in [0.15, 0.2) is 29.4 Å². The topological polar surface area (TPSA) is 67.0 Å². The van der Waals surface area contributed by atoms with Gasteiger partial charge in [0.25, 0.3) is 0 Å². The lowest BCUT2D eigenvalue weighted by Gasteiger charge is -2.24. The van der Waals surface area contributed by atoms with E-state index in [1.165, 1.54) is 6.42 Å². The van der Waals surface area contributed by atoms with Crippen molar-refractivity contribution >= 4 is 11.6 Å². The van der Waals surface area contributed by atoms with Crippen LogP contribution in [0.3, 0.4) is 0 Å². The van der Waals surface area contributed by atoms with Crippen molar-refractivity contribution in [3.8, 4) is 0 Å². The molecule has 2 aliphatic heterocycles. The lowest BCUT2D eigenvalue weighted by molar-refractivity contribution is 0.156. The molecule has 1 spiro atoms. The Bertz CT molecular complexity index is 718. The minimum absolute atomic E-state index is 0.333. The third kappa shape index (κ3) is 2.65. The number of hydrogen-bond acceptors (Lipinski definition) is 4. The van der Waals surface area contributed by atoms with Gasteiger partial charge in [-0.25, -0.2) is 0 Å². The summed E-state index contributed by atoms with van der Waals surface area (Å²) in [4.78, 5) is 6.77. The number of fused-ring (bicyclic) bond motifs is 1. The van der Waals surface area contributed by atoms with Gasteiger partial charge in [0, 0.05) is 38.4 Å². The van der Waals surface area contributed by atoms with E-state index in [2.05, 4.69) is 25.4 Å². The average Bonchev–Trinajstić information content (AvgIpc) is 3.30. The standard InChI is InChI=1S/C16H22N6O/c1-17-15(21-8-5-16(11-21)6-9-23-12-16)18-10-14-20-19-13-4-2-3-7-22(13)14/h2-4,7H,5-6,8-12H2,1H3,(H,17,18). The van der Waals surface area contributed by atoms with Crippen LogP contribution in [-0.4, -0.2) is 58.8 Å². The number of aliphatic imine (C=N–C) groups is 1. The van der Waals surface area contributed by atoms with Crippen molar-refractivity contribution in [2.24, 2.45) is 10.4 Å². The van der Waals surface area contributed by atoms with Gasteiger partial charge in [-0.05, 0) is 25.0 Å². The maximum absolute atomic E-state index is 5.60. The summed E-state index contributed by atoms with van der Waals surface area (Å²) in [7, 11) is 1.83. The summed E-state index contributed by atoms with van der Waals surface area (Å²) >= 11 is 0. The molecule has 0 aromatic carbocycles. The van der Waals surface area contributed by atoms with Gasteiger partial charge in [0.1, 0.15) is 0 Å². The van der Waals surface area contributed by atoms with Crippen LogP contribution in [0.1, 0.15) is 18.7 Å². The fourth-order valence-corrected chi connectivity index (χ4v) is 3.59. The Morgan fingerprint density at radius 2 is 2.35 bits per heavy atom. The van der Waals surface area contributed by atoms with Crippen LogP contribution in [0.4, 0.5) is 0 Å². The van der Waals surface area contributed by atoms with E-state index in [1.54, 1.807) is 0 Å². The zero-order chi connectivity index (χ0) is 15.7. The number of guanidine groups is 1. The van der Waals surface area contributed by atoms with Crippen LogP contribution < -0.4 is 5.32 Å². The van der Waals surface area contributed by atoms with Crippen molar-refractivity contribution < 1.29 is 4.74 Å². The second kappa shape index (κ2) is 5.81. The number of ether oxygens (including phenoxy) is 1. The van der Waals surface area contributed by atoms with E-state index in [4.69, 9.17) is 4.74 Å². The first-order valence-electron chi connectivity index (χ1n) is 8.12. The van der Waals surface area contributed by atoms with Crippen molar-refractivity contribution in [3.63, 3.8) is 0 Å². The highest BCUT2D eigenvalue weighted by Gasteiger charge is 2.42. The second-order valence-corrected chi connectivity index (χ2v) is 6.42. The molecule has 0 saturated carbocycles. The molecule has 2 fully saturated rings. The minimum atomic E-state index is 0.333. The molecular formula is C16H22N6O. The summed E-state index contributed by atoms with van der Waals surface area (Å²) in [6.45, 7) is 4.44. The molecule has 4 rings (SSSR count). The smallest absolute Gasteiger partial charge is 0.194 e. The van der Waals surface area contributed by atoms with E-state index in [1.807, 2.05) is 35.8 Å². The maximum Gasteiger partial charge on any atom is 0.194 e. The molecule has 2 aliphatic rings. The molecule has 7 heteroatoms. The lowest BCUT2D eigenvalue weighted by atomic mass is 9.87. The van der Waals surface area contributed by atoms with E-state index in [-0.39, 0.29) is 0 Å². The third-order valence-corrected chi connectivity index (χ3v) is 4.92. The first-order chi connectivity index (χ1) is 11.3. The molecule has 2 aromatic rings. The first-order valence-corrected chi connectivity index (χ1v) is 8.12. The largest absolute Gasteiger partial charge is 0.381 e. The molecule has 0 radical (unpaired) electrons. The quantitative estimate of drug-likeness (QED) is 0.659. The van der Waals surface area contributed by atoms with Crippen LogP contribution >= 0.6 is 0 Å². The Balaban J connectivity index is 1.43. The van der Waals surface area contributed by atoms with Gasteiger partial charge in [-0.3, -0.25) is 9.39 Å². The molecule has 1 atom stereocenters. The van der Waals surface area contributed by atoms with Crippen LogP contribution in [0.25, 0.3) is 5.65 Å². The zero-order valence-electron chi connectivity index (χ0n) is 13.4. The van der Waals surface area contributed by atoms with Crippen molar-refractivity contribution in [3.05, 3.63) is 30.2 Å². The van der Waals surface area contributed by atoms with Gasteiger partial charge < -0.3 is 15.0 Å². The summed E-state index contributed by atoms with van der Waals surface area (Å²) in [5.41, 5.74) is 1.20. The van der Waals surface area contributed by atoms with Gasteiger partial charge in [-0.15, -0.1) is 10.2 Å². The number of nitrogens with zero attached hydrogens (tertiary/aromatic N) is 5. The highest BCUT2D eigenvalue weighted by molar-refractivity contribution is 5.80. The summed E-state index contributed by atoms with van der Waals surface area (Å²) in [6, 6.07) is 5.90. The highest BCUT2D eigenvalue weighted by Crippen LogP contribution is 2.38. The van der Waals surface area contributed by atoms with Gasteiger partial charge in [-0.2, -0.15) is 0 Å². The van der Waals surface area contributed by atoms with Crippen molar-refractivity contribution in [2.45, 2.75) is 19.4 Å². The van der Waals surface area contributed by atoms with Gasteiger partial charge in [0.2, 0.25) is 0 Å². The zero-order valence-corrected chi connectivity index (χ0v) is 13.4. The summed E-state index contributed by atoms with van der Waals surface area (Å²) in [5.74, 6) is 1.82.